The number of amidine groups is 1. The van der Waals surface area contributed by atoms with Crippen molar-refractivity contribution in [2.75, 3.05) is 25.0 Å². The van der Waals surface area contributed by atoms with Gasteiger partial charge in [0.05, 0.1) is 29.4 Å². The molecule has 1 heterocycles. The lowest BCUT2D eigenvalue weighted by Gasteiger charge is -2.14. The van der Waals surface area contributed by atoms with E-state index in [0.29, 0.717) is 12.4 Å². The number of hydrogen-bond acceptors (Lipinski definition) is 3. The van der Waals surface area contributed by atoms with Gasteiger partial charge in [-0.2, -0.15) is 13.2 Å². The van der Waals surface area contributed by atoms with Crippen molar-refractivity contribution in [3.8, 4) is 0 Å². The zero-order valence-corrected chi connectivity index (χ0v) is 12.3. The Morgan fingerprint density at radius 3 is 2.55 bits per heavy atom. The van der Waals surface area contributed by atoms with Gasteiger partial charge in [0.2, 0.25) is 0 Å². The maximum Gasteiger partial charge on any atom is 0.417 e. The number of rotatable bonds is 3. The Bertz CT molecular complexity index is 518. The summed E-state index contributed by atoms with van der Waals surface area (Å²) in [5.41, 5.74) is -0.816. The molecule has 0 aromatic heterocycles. The summed E-state index contributed by atoms with van der Waals surface area (Å²) in [6.07, 6.45) is -4.54. The quantitative estimate of drug-likeness (QED) is 0.870. The molecule has 0 saturated heterocycles. The number of halogens is 6. The number of anilines is 1. The Labute approximate surface area is 130 Å². The lowest BCUT2D eigenvalue weighted by Crippen LogP contribution is -2.26. The average molecular weight is 349 g/mol. The second-order valence-corrected chi connectivity index (χ2v) is 4.74. The molecule has 9 heteroatoms. The van der Waals surface area contributed by atoms with Gasteiger partial charge in [0.15, 0.2) is 0 Å². The van der Waals surface area contributed by atoms with Crippen LogP contribution in [0.1, 0.15) is 5.56 Å². The van der Waals surface area contributed by atoms with Crippen LogP contribution >= 0.6 is 35.6 Å². The molecule has 1 aromatic rings. The predicted octanol–water partition coefficient (Wildman–Crippen LogP) is 3.85. The van der Waals surface area contributed by atoms with E-state index in [-0.39, 0.29) is 29.7 Å². The van der Waals surface area contributed by atoms with Crippen molar-refractivity contribution < 1.29 is 13.2 Å². The molecule has 0 spiro atoms. The zero-order chi connectivity index (χ0) is 14.0. The zero-order valence-electron chi connectivity index (χ0n) is 10.0. The van der Waals surface area contributed by atoms with E-state index < -0.39 is 16.8 Å². The molecule has 2 rings (SSSR count). The van der Waals surface area contributed by atoms with E-state index in [1.807, 2.05) is 0 Å². The highest BCUT2D eigenvalue weighted by Gasteiger charge is 2.34. The Hall–Kier alpha value is -0.850. The highest BCUT2D eigenvalue weighted by molar-refractivity contribution is 6.36. The van der Waals surface area contributed by atoms with Crippen LogP contribution in [0.5, 0.6) is 0 Å². The van der Waals surface area contributed by atoms with Gasteiger partial charge in [-0.1, -0.05) is 23.2 Å². The molecule has 0 atom stereocenters. The van der Waals surface area contributed by atoms with Crippen LogP contribution in [0, 0.1) is 0 Å². The maximum atomic E-state index is 12.7. The van der Waals surface area contributed by atoms with Crippen LogP contribution < -0.4 is 10.6 Å². The number of hydrogen-bond donors (Lipinski definition) is 2. The van der Waals surface area contributed by atoms with E-state index in [1.54, 1.807) is 0 Å². The number of benzene rings is 1. The standard InChI is InChI=1S/C11H10Cl2F3N3.ClH/c12-6-3-7(11(14,15)16)10(13)8(4-6)19-5-9-17-1-2-18-9;/h3-4,19H,1-2,5H2,(H,17,18);1H. The third-order valence-electron chi connectivity index (χ3n) is 2.53. The van der Waals surface area contributed by atoms with Gasteiger partial charge in [-0.15, -0.1) is 12.4 Å². The van der Waals surface area contributed by atoms with Crippen LogP contribution in [0.4, 0.5) is 18.9 Å². The van der Waals surface area contributed by atoms with Gasteiger partial charge < -0.3 is 10.6 Å². The molecule has 0 bridgehead atoms. The van der Waals surface area contributed by atoms with Crippen molar-refractivity contribution in [1.29, 1.82) is 0 Å². The van der Waals surface area contributed by atoms with E-state index >= 15 is 0 Å². The average Bonchev–Trinajstić information content (AvgIpc) is 2.81. The minimum atomic E-state index is -4.54. The van der Waals surface area contributed by atoms with Crippen LogP contribution in [0.3, 0.4) is 0 Å². The van der Waals surface area contributed by atoms with E-state index in [2.05, 4.69) is 15.6 Å². The molecule has 0 fully saturated rings. The van der Waals surface area contributed by atoms with Crippen molar-refractivity contribution in [1.82, 2.24) is 5.32 Å². The lowest BCUT2D eigenvalue weighted by atomic mass is 10.2. The van der Waals surface area contributed by atoms with Gasteiger partial charge >= 0.3 is 6.18 Å². The minimum absolute atomic E-state index is 0. The van der Waals surface area contributed by atoms with Crippen LogP contribution in [-0.2, 0) is 6.18 Å². The Balaban J connectivity index is 0.00000200. The van der Waals surface area contributed by atoms with E-state index in [4.69, 9.17) is 23.2 Å². The third kappa shape index (κ3) is 4.07. The first-order valence-corrected chi connectivity index (χ1v) is 6.21. The molecule has 1 aliphatic heterocycles. The fourth-order valence-corrected chi connectivity index (χ4v) is 2.17. The second-order valence-electron chi connectivity index (χ2n) is 3.92. The summed E-state index contributed by atoms with van der Waals surface area (Å²) < 4.78 is 38.2. The summed E-state index contributed by atoms with van der Waals surface area (Å²) in [7, 11) is 0. The van der Waals surface area contributed by atoms with Crippen LogP contribution in [0.15, 0.2) is 17.1 Å². The van der Waals surface area contributed by atoms with Gasteiger partial charge in [-0.25, -0.2) is 0 Å². The van der Waals surface area contributed by atoms with Crippen molar-refractivity contribution in [2.45, 2.75) is 6.18 Å². The molecule has 20 heavy (non-hydrogen) atoms. The highest BCUT2D eigenvalue weighted by Crippen LogP contribution is 2.40. The number of aliphatic imine (C=N–C) groups is 1. The maximum absolute atomic E-state index is 12.7. The van der Waals surface area contributed by atoms with Crippen molar-refractivity contribution in [2.24, 2.45) is 4.99 Å². The molecule has 0 amide bonds. The molecule has 0 aliphatic carbocycles. The van der Waals surface area contributed by atoms with Crippen molar-refractivity contribution >= 4 is 47.1 Å². The monoisotopic (exact) mass is 347 g/mol. The van der Waals surface area contributed by atoms with Gasteiger partial charge in [-0.3, -0.25) is 4.99 Å². The van der Waals surface area contributed by atoms with E-state index in [0.717, 1.165) is 12.6 Å². The largest absolute Gasteiger partial charge is 0.417 e. The van der Waals surface area contributed by atoms with Crippen LogP contribution in [-0.4, -0.2) is 25.5 Å². The normalized spacial score (nSPS) is 14.3. The Morgan fingerprint density at radius 1 is 1.30 bits per heavy atom. The smallest absolute Gasteiger partial charge is 0.377 e. The second kappa shape index (κ2) is 6.74. The molecule has 1 aromatic carbocycles. The van der Waals surface area contributed by atoms with Crippen LogP contribution in [0.25, 0.3) is 0 Å². The third-order valence-corrected chi connectivity index (χ3v) is 3.16. The summed E-state index contributed by atoms with van der Waals surface area (Å²) in [4.78, 5) is 4.12. The molecule has 0 radical (unpaired) electrons. The summed E-state index contributed by atoms with van der Waals surface area (Å²) >= 11 is 11.4. The summed E-state index contributed by atoms with van der Waals surface area (Å²) in [5, 5.41) is 5.37. The van der Waals surface area contributed by atoms with Crippen molar-refractivity contribution in [3.63, 3.8) is 0 Å². The van der Waals surface area contributed by atoms with Gasteiger partial charge in [0, 0.05) is 11.6 Å². The first-order valence-electron chi connectivity index (χ1n) is 5.45. The molecular formula is C11H11Cl3F3N3. The van der Waals surface area contributed by atoms with E-state index in [1.165, 1.54) is 6.07 Å². The minimum Gasteiger partial charge on any atom is -0.377 e. The van der Waals surface area contributed by atoms with E-state index in [9.17, 15) is 13.2 Å². The molecule has 1 aliphatic rings. The lowest BCUT2D eigenvalue weighted by molar-refractivity contribution is -0.137. The molecule has 112 valence electrons. The molecule has 2 N–H and O–H groups in total. The van der Waals surface area contributed by atoms with Crippen LogP contribution in [0.2, 0.25) is 10.0 Å². The van der Waals surface area contributed by atoms with Gasteiger partial charge in [-0.05, 0) is 12.1 Å². The molecule has 0 saturated carbocycles. The summed E-state index contributed by atoms with van der Waals surface area (Å²) in [5.74, 6) is 0.685. The number of nitrogens with zero attached hydrogens (tertiary/aromatic N) is 1. The molecule has 0 unspecified atom stereocenters. The fourth-order valence-electron chi connectivity index (χ4n) is 1.67. The number of alkyl halides is 3. The molecule has 3 nitrogen and oxygen atoms in total. The van der Waals surface area contributed by atoms with Crippen molar-refractivity contribution in [3.05, 3.63) is 27.7 Å². The van der Waals surface area contributed by atoms with Gasteiger partial charge in [0.25, 0.3) is 0 Å². The predicted molar refractivity (Wildman–Crippen MR) is 77.5 cm³/mol. The summed E-state index contributed by atoms with van der Waals surface area (Å²) in [6, 6.07) is 2.16. The Morgan fingerprint density at radius 2 is 2.00 bits per heavy atom. The summed E-state index contributed by atoms with van der Waals surface area (Å²) in [6.45, 7) is 1.67. The molecular weight excluding hydrogens is 337 g/mol. The number of nitrogens with one attached hydrogen (secondary N) is 2. The highest BCUT2D eigenvalue weighted by atomic mass is 35.5. The first-order chi connectivity index (χ1) is 8.88. The fraction of sp³-hybridized carbons (Fsp3) is 0.364. The Kier molecular flexibility index (Phi) is 5.79. The topological polar surface area (TPSA) is 36.4 Å². The SMILES string of the molecule is Cl.FC(F)(F)c1cc(Cl)cc(NCC2=NCCN2)c1Cl. The van der Waals surface area contributed by atoms with Gasteiger partial charge in [0.1, 0.15) is 5.84 Å². The first kappa shape index (κ1) is 17.2.